The van der Waals surface area contributed by atoms with Crippen molar-refractivity contribution >= 4 is 23.6 Å². The van der Waals surface area contributed by atoms with E-state index in [4.69, 9.17) is 53.1 Å². The molecule has 3 fully saturated rings. The molecule has 2 saturated heterocycles. The van der Waals surface area contributed by atoms with Crippen molar-refractivity contribution in [3.8, 4) is 23.0 Å². The molecule has 0 spiro atoms. The SMILES string of the molecule is COC(=O)[C@H]1[C@@H](O)[C@@]2(O)c3c(OC)cc(OC4O[C@@H]([C@H]5COC(c6ccc(NC(=O)[C@@H](C)CCCNC(N)=O)cc6)O5)CO[C@H]4OC)cc3O[C@@]2(c2ccc(OC)cc2)[C@@H]1c1ccccc1. The van der Waals surface area contributed by atoms with Crippen LogP contribution in [0.1, 0.15) is 54.2 Å². The first-order chi connectivity index (χ1) is 31.9. The van der Waals surface area contributed by atoms with Crippen LogP contribution >= 0.6 is 0 Å². The van der Waals surface area contributed by atoms with Gasteiger partial charge in [0.1, 0.15) is 41.3 Å². The van der Waals surface area contributed by atoms with Crippen LogP contribution < -0.4 is 35.3 Å². The highest BCUT2D eigenvalue weighted by Gasteiger charge is 2.78. The number of rotatable bonds is 16. The van der Waals surface area contributed by atoms with E-state index in [0.717, 1.165) is 5.56 Å². The number of primary amides is 1. The van der Waals surface area contributed by atoms with Gasteiger partial charge in [-0.15, -0.1) is 0 Å². The van der Waals surface area contributed by atoms with E-state index in [0.29, 0.717) is 42.0 Å². The van der Waals surface area contributed by atoms with E-state index in [-0.39, 0.29) is 47.9 Å². The van der Waals surface area contributed by atoms with Crippen LogP contribution in [0, 0.1) is 11.8 Å². The normalized spacial score (nSPS) is 29.1. The third-order valence-corrected chi connectivity index (χ3v) is 12.8. The van der Waals surface area contributed by atoms with Crippen LogP contribution in [0.5, 0.6) is 23.0 Å². The van der Waals surface area contributed by atoms with E-state index < -0.39 is 72.2 Å². The highest BCUT2D eigenvalue weighted by atomic mass is 16.8. The molecule has 0 radical (unpaired) electrons. The van der Waals surface area contributed by atoms with E-state index in [9.17, 15) is 24.6 Å². The number of benzene rings is 4. The summed E-state index contributed by atoms with van der Waals surface area (Å²) in [5.41, 5.74) is 3.51. The van der Waals surface area contributed by atoms with Gasteiger partial charge in [0.2, 0.25) is 12.2 Å². The standard InChI is InChI=1S/C48H55N3O15/c1-26(10-9-21-50-46(49)55)41(53)51-30-17-13-28(14-18-30)43-61-24-35(64-43)36-25-62-44(60-5)45(65-36)63-32-22-33(58-3)39-34(23-32)66-48(29-15-19-31(57-2)20-16-29)38(27-11-7-6-8-12-27)37(42(54)59-4)40(52)47(39,48)56/h6-8,11-20,22-23,26,35-38,40,43-45,52,56H,9-10,21,24-25H2,1-5H3,(H,51,53)(H3,49,50,55)/t26-,35+,36+,37+,38+,40+,43?,44+,45?,47-,48-/m0/s1. The van der Waals surface area contributed by atoms with Crippen LogP contribution in [0.15, 0.2) is 91.0 Å². The molecule has 18 heteroatoms. The number of anilines is 1. The lowest BCUT2D eigenvalue weighted by atomic mass is 9.70. The van der Waals surface area contributed by atoms with Crippen LogP contribution in [-0.4, -0.2) is 107 Å². The number of esters is 1. The Morgan fingerprint density at radius 1 is 0.848 bits per heavy atom. The van der Waals surface area contributed by atoms with Crippen LogP contribution in [0.25, 0.3) is 0 Å². The Bertz CT molecular complexity index is 2350. The number of ether oxygens (including phenoxy) is 10. The van der Waals surface area contributed by atoms with Gasteiger partial charge in [0, 0.05) is 48.9 Å². The zero-order valence-electron chi connectivity index (χ0n) is 37.2. The second-order valence-electron chi connectivity index (χ2n) is 16.6. The summed E-state index contributed by atoms with van der Waals surface area (Å²) in [5, 5.41) is 31.0. The molecule has 4 aromatic rings. The molecule has 18 nitrogen and oxygen atoms in total. The molecule has 4 aliphatic rings. The lowest BCUT2D eigenvalue weighted by Gasteiger charge is -2.40. The van der Waals surface area contributed by atoms with E-state index in [1.165, 1.54) is 34.5 Å². The molecule has 4 aromatic carbocycles. The van der Waals surface area contributed by atoms with Crippen molar-refractivity contribution in [3.63, 3.8) is 0 Å². The number of carbonyl (C=O) groups excluding carboxylic acids is 3. The number of aliphatic hydroxyl groups excluding tert-OH is 1. The van der Waals surface area contributed by atoms with Gasteiger partial charge in [-0.3, -0.25) is 9.59 Å². The Morgan fingerprint density at radius 3 is 2.23 bits per heavy atom. The minimum absolute atomic E-state index is 0.0923. The molecular formula is C48H55N3O15. The second kappa shape index (κ2) is 19.5. The molecule has 3 aliphatic heterocycles. The average molecular weight is 914 g/mol. The molecule has 3 amide bonds. The Balaban J connectivity index is 1.01. The summed E-state index contributed by atoms with van der Waals surface area (Å²) in [6.45, 7) is 2.48. The predicted octanol–water partition coefficient (Wildman–Crippen LogP) is 4.36. The molecule has 66 heavy (non-hydrogen) atoms. The minimum atomic E-state index is -2.28. The molecule has 0 aromatic heterocycles. The van der Waals surface area contributed by atoms with Gasteiger partial charge in [-0.25, -0.2) is 4.79 Å². The predicted molar refractivity (Wildman–Crippen MR) is 234 cm³/mol. The maximum Gasteiger partial charge on any atom is 0.312 e. The van der Waals surface area contributed by atoms with Gasteiger partial charge in [-0.1, -0.05) is 61.5 Å². The lowest BCUT2D eigenvalue weighted by Crippen LogP contribution is -2.52. The van der Waals surface area contributed by atoms with Gasteiger partial charge in [-0.05, 0) is 48.2 Å². The van der Waals surface area contributed by atoms with E-state index in [2.05, 4.69) is 10.6 Å². The smallest absolute Gasteiger partial charge is 0.312 e. The number of urea groups is 1. The Hall–Kier alpha value is -5.99. The number of methoxy groups -OCH3 is 4. The molecule has 2 unspecified atom stereocenters. The zero-order valence-corrected chi connectivity index (χ0v) is 37.2. The van der Waals surface area contributed by atoms with E-state index >= 15 is 0 Å². The van der Waals surface area contributed by atoms with Crippen molar-refractivity contribution in [2.45, 2.75) is 74.1 Å². The van der Waals surface area contributed by atoms with Crippen molar-refractivity contribution in [1.82, 2.24) is 5.32 Å². The van der Waals surface area contributed by atoms with Crippen LogP contribution in [0.3, 0.4) is 0 Å². The van der Waals surface area contributed by atoms with Crippen molar-refractivity contribution < 1.29 is 72.0 Å². The number of amides is 3. The quantitative estimate of drug-likeness (QED) is 0.0777. The summed E-state index contributed by atoms with van der Waals surface area (Å²) < 4.78 is 60.5. The molecule has 6 N–H and O–H groups in total. The fraction of sp³-hybridized carbons (Fsp3) is 0.438. The Kier molecular flexibility index (Phi) is 13.7. The first kappa shape index (κ1) is 46.5. The molecule has 11 atom stereocenters. The number of nitrogens with one attached hydrogen (secondary N) is 2. The fourth-order valence-corrected chi connectivity index (χ4v) is 9.52. The third kappa shape index (κ3) is 8.49. The Labute approximate surface area is 381 Å². The first-order valence-corrected chi connectivity index (χ1v) is 21.6. The molecule has 1 aliphatic carbocycles. The molecule has 1 saturated carbocycles. The monoisotopic (exact) mass is 913 g/mol. The van der Waals surface area contributed by atoms with Gasteiger partial charge in [-0.2, -0.15) is 0 Å². The second-order valence-corrected chi connectivity index (χ2v) is 16.6. The summed E-state index contributed by atoms with van der Waals surface area (Å²) in [6.07, 6.45) is -4.63. The number of hydrogen-bond acceptors (Lipinski definition) is 15. The molecule has 3 heterocycles. The molecule has 8 rings (SSSR count). The maximum atomic E-state index is 13.7. The third-order valence-electron chi connectivity index (χ3n) is 12.8. The number of nitrogens with two attached hydrogens (primary N) is 1. The van der Waals surface area contributed by atoms with Crippen LogP contribution in [0.2, 0.25) is 0 Å². The van der Waals surface area contributed by atoms with E-state index in [1.807, 2.05) is 25.1 Å². The van der Waals surface area contributed by atoms with Crippen LogP contribution in [-0.2, 0) is 49.2 Å². The number of hydrogen-bond donors (Lipinski definition) is 5. The zero-order chi connectivity index (χ0) is 46.8. The minimum Gasteiger partial charge on any atom is -0.497 e. The summed E-state index contributed by atoms with van der Waals surface area (Å²) in [7, 11) is 5.63. The highest BCUT2D eigenvalue weighted by Crippen LogP contribution is 2.70. The number of carbonyl (C=O) groups is 3. The number of aliphatic hydroxyl groups is 2. The highest BCUT2D eigenvalue weighted by molar-refractivity contribution is 5.92. The van der Waals surface area contributed by atoms with E-state index in [1.54, 1.807) is 66.7 Å². The van der Waals surface area contributed by atoms with Gasteiger partial charge >= 0.3 is 12.0 Å². The Morgan fingerprint density at radius 2 is 1.56 bits per heavy atom. The van der Waals surface area contributed by atoms with Crippen molar-refractivity contribution in [2.24, 2.45) is 17.6 Å². The molecular weight excluding hydrogens is 859 g/mol. The number of fused-ring (bicyclic) bond motifs is 3. The summed E-state index contributed by atoms with van der Waals surface area (Å²) in [6, 6.07) is 25.6. The maximum absolute atomic E-state index is 13.7. The van der Waals surface area contributed by atoms with Crippen LogP contribution in [0.4, 0.5) is 10.5 Å². The van der Waals surface area contributed by atoms with Crippen molar-refractivity contribution in [3.05, 3.63) is 113 Å². The molecule has 0 bridgehead atoms. The lowest BCUT2D eigenvalue weighted by molar-refractivity contribution is -0.323. The average Bonchev–Trinajstić information content (AvgIpc) is 3.99. The molecule has 352 valence electrons. The van der Waals surface area contributed by atoms with Gasteiger partial charge in [0.25, 0.3) is 6.29 Å². The first-order valence-electron chi connectivity index (χ1n) is 21.6. The summed E-state index contributed by atoms with van der Waals surface area (Å²) >= 11 is 0. The summed E-state index contributed by atoms with van der Waals surface area (Å²) in [5.74, 6) is -2.46. The summed E-state index contributed by atoms with van der Waals surface area (Å²) in [4.78, 5) is 37.3. The fourth-order valence-electron chi connectivity index (χ4n) is 9.52. The topological polar surface area (TPSA) is 234 Å². The van der Waals surface area contributed by atoms with Gasteiger partial charge in [0.05, 0.1) is 46.0 Å². The van der Waals surface area contributed by atoms with Gasteiger partial charge in [0.15, 0.2) is 17.5 Å². The largest absolute Gasteiger partial charge is 0.497 e. The van der Waals surface area contributed by atoms with Crippen molar-refractivity contribution in [2.75, 3.05) is 53.5 Å². The van der Waals surface area contributed by atoms with Crippen molar-refractivity contribution in [1.29, 1.82) is 0 Å². The van der Waals surface area contributed by atoms with Gasteiger partial charge < -0.3 is 73.9 Å².